The molecule has 2 aromatic heterocycles. The van der Waals surface area contributed by atoms with Gasteiger partial charge < -0.3 is 30.6 Å². The van der Waals surface area contributed by atoms with Gasteiger partial charge in [-0.3, -0.25) is 9.59 Å². The molecule has 2 heterocycles. The molecular formula is C17H15N3O6S. The van der Waals surface area contributed by atoms with E-state index in [2.05, 4.69) is 10.3 Å². The number of nitrogens with two attached hydrogens (primary N) is 1. The van der Waals surface area contributed by atoms with Gasteiger partial charge in [-0.05, 0) is 18.2 Å². The molecule has 1 amide bonds. The molecule has 0 aliphatic rings. The molecule has 0 spiro atoms. The number of benzene rings is 1. The van der Waals surface area contributed by atoms with E-state index in [9.17, 15) is 14.4 Å². The first kappa shape index (κ1) is 18.3. The van der Waals surface area contributed by atoms with Gasteiger partial charge in [-0.15, -0.1) is 11.3 Å². The lowest BCUT2D eigenvalue weighted by molar-refractivity contribution is 0.0695. The van der Waals surface area contributed by atoms with E-state index in [-0.39, 0.29) is 10.6 Å². The standard InChI is InChI=1S/C17H15N3O6S/c1-25-7-3-4-10(11(5-7)26-2)19-15(22)13-12(18)8-6-9(17(23)24)14(21)20-16(8)27-13/h3-6H,18H2,1-2H3,(H,19,22)(H,20,21)(H,23,24). The summed E-state index contributed by atoms with van der Waals surface area (Å²) in [5.74, 6) is -0.943. The Labute approximate surface area is 156 Å². The second-order valence-corrected chi connectivity index (χ2v) is 6.45. The lowest BCUT2D eigenvalue weighted by atomic mass is 10.2. The van der Waals surface area contributed by atoms with Gasteiger partial charge in [-0.2, -0.15) is 0 Å². The number of carboxylic acid groups (broad SMARTS) is 1. The second kappa shape index (κ2) is 7.00. The highest BCUT2D eigenvalue weighted by molar-refractivity contribution is 7.21. The van der Waals surface area contributed by atoms with Gasteiger partial charge >= 0.3 is 5.97 Å². The van der Waals surface area contributed by atoms with Crippen LogP contribution in [0.1, 0.15) is 20.0 Å². The van der Waals surface area contributed by atoms with Gasteiger partial charge in [0.2, 0.25) is 0 Å². The van der Waals surface area contributed by atoms with Crippen LogP contribution in [0.3, 0.4) is 0 Å². The Bertz CT molecular complexity index is 1120. The van der Waals surface area contributed by atoms with E-state index in [0.29, 0.717) is 27.4 Å². The van der Waals surface area contributed by atoms with Crippen molar-refractivity contribution in [3.63, 3.8) is 0 Å². The number of fused-ring (bicyclic) bond motifs is 1. The summed E-state index contributed by atoms with van der Waals surface area (Å²) in [4.78, 5) is 38.5. The Kier molecular flexibility index (Phi) is 4.74. The number of rotatable bonds is 5. The molecule has 0 unspecified atom stereocenters. The summed E-state index contributed by atoms with van der Waals surface area (Å²) in [7, 11) is 2.97. The molecular weight excluding hydrogens is 374 g/mol. The van der Waals surface area contributed by atoms with E-state index in [1.165, 1.54) is 14.2 Å². The SMILES string of the molecule is COc1ccc(NC(=O)c2sc3[nH]c(=O)c(C(=O)O)cc3c2N)c(OC)c1. The van der Waals surface area contributed by atoms with Crippen molar-refractivity contribution in [2.45, 2.75) is 0 Å². The number of nitrogen functional groups attached to an aromatic ring is 1. The number of pyridine rings is 1. The molecule has 0 fully saturated rings. The lowest BCUT2D eigenvalue weighted by Crippen LogP contribution is -2.16. The number of thiophene rings is 1. The van der Waals surface area contributed by atoms with Crippen LogP contribution >= 0.6 is 11.3 Å². The number of aromatic carboxylic acids is 1. The van der Waals surface area contributed by atoms with Crippen molar-refractivity contribution in [1.29, 1.82) is 0 Å². The number of nitrogens with one attached hydrogen (secondary N) is 2. The zero-order valence-electron chi connectivity index (χ0n) is 14.3. The zero-order chi connectivity index (χ0) is 19.7. The van der Waals surface area contributed by atoms with Gasteiger partial charge in [-0.1, -0.05) is 0 Å². The van der Waals surface area contributed by atoms with E-state index in [4.69, 9.17) is 20.3 Å². The van der Waals surface area contributed by atoms with Gasteiger partial charge in [-0.25, -0.2) is 4.79 Å². The van der Waals surface area contributed by atoms with Crippen LogP contribution in [0.15, 0.2) is 29.1 Å². The van der Waals surface area contributed by atoms with E-state index >= 15 is 0 Å². The smallest absolute Gasteiger partial charge is 0.341 e. The largest absolute Gasteiger partial charge is 0.497 e. The van der Waals surface area contributed by atoms with Crippen molar-refractivity contribution in [1.82, 2.24) is 4.98 Å². The number of amides is 1. The van der Waals surface area contributed by atoms with E-state index in [1.54, 1.807) is 18.2 Å². The van der Waals surface area contributed by atoms with Crippen molar-refractivity contribution >= 4 is 44.8 Å². The molecule has 0 aliphatic carbocycles. The molecule has 1 aromatic carbocycles. The van der Waals surface area contributed by atoms with Crippen LogP contribution in [0.5, 0.6) is 11.5 Å². The van der Waals surface area contributed by atoms with Crippen LogP contribution in [0.4, 0.5) is 11.4 Å². The summed E-state index contributed by atoms with van der Waals surface area (Å²) in [5.41, 5.74) is 5.28. The van der Waals surface area contributed by atoms with Gasteiger partial charge in [0.05, 0.1) is 25.6 Å². The number of aromatic amines is 1. The molecule has 27 heavy (non-hydrogen) atoms. The Balaban J connectivity index is 2.00. The summed E-state index contributed by atoms with van der Waals surface area (Å²) in [5, 5.41) is 12.0. The van der Waals surface area contributed by atoms with Gasteiger partial charge in [0, 0.05) is 11.5 Å². The van der Waals surface area contributed by atoms with Gasteiger partial charge in [0.15, 0.2) is 0 Å². The molecule has 3 rings (SSSR count). The van der Waals surface area contributed by atoms with E-state index in [1.807, 2.05) is 0 Å². The summed E-state index contributed by atoms with van der Waals surface area (Å²) in [6, 6.07) is 6.04. The molecule has 0 bridgehead atoms. The molecule has 9 nitrogen and oxygen atoms in total. The average molecular weight is 389 g/mol. The third kappa shape index (κ3) is 3.29. The van der Waals surface area contributed by atoms with Crippen LogP contribution in [0, 0.1) is 0 Å². The van der Waals surface area contributed by atoms with Gasteiger partial charge in [0.1, 0.15) is 26.8 Å². The first-order valence-electron chi connectivity index (χ1n) is 7.57. The number of aromatic nitrogens is 1. The average Bonchev–Trinajstić information content (AvgIpc) is 2.96. The van der Waals surface area contributed by atoms with Crippen LogP contribution in [0.25, 0.3) is 10.2 Å². The number of carbonyl (C=O) groups excluding carboxylic acids is 1. The van der Waals surface area contributed by atoms with Crippen molar-refractivity contribution in [2.75, 3.05) is 25.3 Å². The number of methoxy groups -OCH3 is 2. The lowest BCUT2D eigenvalue weighted by Gasteiger charge is -2.11. The summed E-state index contributed by atoms with van der Waals surface area (Å²) in [6.07, 6.45) is 0. The molecule has 0 saturated heterocycles. The fourth-order valence-electron chi connectivity index (χ4n) is 2.48. The molecule has 0 aliphatic heterocycles. The number of anilines is 2. The number of hydrogen-bond donors (Lipinski definition) is 4. The number of ether oxygens (including phenoxy) is 2. The molecule has 0 atom stereocenters. The van der Waals surface area contributed by atoms with Crippen LogP contribution in [-0.2, 0) is 0 Å². The maximum absolute atomic E-state index is 12.7. The van der Waals surface area contributed by atoms with Crippen molar-refractivity contribution < 1.29 is 24.2 Å². The molecule has 3 aromatic rings. The second-order valence-electron chi connectivity index (χ2n) is 5.43. The maximum Gasteiger partial charge on any atom is 0.341 e. The Morgan fingerprint density at radius 1 is 1.22 bits per heavy atom. The normalized spacial score (nSPS) is 10.6. The summed E-state index contributed by atoms with van der Waals surface area (Å²) in [6.45, 7) is 0. The minimum absolute atomic E-state index is 0.0822. The van der Waals surface area contributed by atoms with Crippen molar-refractivity contribution in [3.05, 3.63) is 45.1 Å². The molecule has 5 N–H and O–H groups in total. The first-order chi connectivity index (χ1) is 12.8. The van der Waals surface area contributed by atoms with Crippen LogP contribution < -0.4 is 26.1 Å². The van der Waals surface area contributed by atoms with Gasteiger partial charge in [0.25, 0.3) is 11.5 Å². The molecule has 0 radical (unpaired) electrons. The first-order valence-corrected chi connectivity index (χ1v) is 8.39. The van der Waals surface area contributed by atoms with E-state index in [0.717, 1.165) is 17.4 Å². The fourth-order valence-corrected chi connectivity index (χ4v) is 3.47. The van der Waals surface area contributed by atoms with Crippen LogP contribution in [-0.4, -0.2) is 36.2 Å². The number of carboxylic acids is 1. The fraction of sp³-hybridized carbons (Fsp3) is 0.118. The highest BCUT2D eigenvalue weighted by atomic mass is 32.1. The highest BCUT2D eigenvalue weighted by Crippen LogP contribution is 2.34. The van der Waals surface area contributed by atoms with Crippen molar-refractivity contribution in [3.8, 4) is 11.5 Å². The van der Waals surface area contributed by atoms with Crippen molar-refractivity contribution in [2.24, 2.45) is 0 Å². The third-order valence-electron chi connectivity index (χ3n) is 3.84. The highest BCUT2D eigenvalue weighted by Gasteiger charge is 2.21. The Hall–Kier alpha value is -3.53. The topological polar surface area (TPSA) is 144 Å². The minimum atomic E-state index is -1.38. The third-order valence-corrected chi connectivity index (χ3v) is 4.97. The Morgan fingerprint density at radius 3 is 2.59 bits per heavy atom. The summed E-state index contributed by atoms with van der Waals surface area (Å²) < 4.78 is 10.3. The molecule has 0 saturated carbocycles. The maximum atomic E-state index is 12.7. The zero-order valence-corrected chi connectivity index (χ0v) is 15.1. The number of carbonyl (C=O) groups is 2. The number of hydrogen-bond acceptors (Lipinski definition) is 7. The quantitative estimate of drug-likeness (QED) is 0.523. The molecule has 10 heteroatoms. The monoisotopic (exact) mass is 389 g/mol. The predicted octanol–water partition coefficient (Wildman–Crippen LogP) is 2.14. The molecule has 140 valence electrons. The van der Waals surface area contributed by atoms with Crippen LogP contribution in [0.2, 0.25) is 0 Å². The number of H-pyrrole nitrogens is 1. The minimum Gasteiger partial charge on any atom is -0.497 e. The predicted molar refractivity (Wildman–Crippen MR) is 101 cm³/mol. The Morgan fingerprint density at radius 2 is 1.96 bits per heavy atom. The summed E-state index contributed by atoms with van der Waals surface area (Å²) >= 11 is 0.956. The van der Waals surface area contributed by atoms with E-state index < -0.39 is 23.0 Å².